The number of rotatable bonds is 8. The molecule has 37 heavy (non-hydrogen) atoms. The Kier molecular flexibility index (Phi) is 7.14. The van der Waals surface area contributed by atoms with E-state index in [0.29, 0.717) is 52.7 Å². The van der Waals surface area contributed by atoms with Crippen molar-refractivity contribution in [2.24, 2.45) is 0 Å². The largest absolute Gasteiger partial charge is 0.492 e. The van der Waals surface area contributed by atoms with Crippen LogP contribution in [0.4, 0.5) is 16.2 Å². The lowest BCUT2D eigenvalue weighted by Gasteiger charge is -2.12. The van der Waals surface area contributed by atoms with Gasteiger partial charge in [0.2, 0.25) is 5.82 Å². The zero-order chi connectivity index (χ0) is 25.6. The molecule has 10 heteroatoms. The Bertz CT molecular complexity index is 1500. The normalized spacial score (nSPS) is 10.8. The molecule has 0 bridgehead atoms. The highest BCUT2D eigenvalue weighted by atomic mass is 35.5. The fourth-order valence-corrected chi connectivity index (χ4v) is 3.77. The first-order valence-corrected chi connectivity index (χ1v) is 12.0. The third kappa shape index (κ3) is 5.96. The van der Waals surface area contributed by atoms with E-state index in [9.17, 15) is 4.79 Å². The number of nitrogens with one attached hydrogen (secondary N) is 2. The minimum Gasteiger partial charge on any atom is -0.492 e. The van der Waals surface area contributed by atoms with Gasteiger partial charge in [0.25, 0.3) is 5.89 Å². The molecule has 0 aliphatic carbocycles. The van der Waals surface area contributed by atoms with Crippen LogP contribution in [0.15, 0.2) is 89.8 Å². The summed E-state index contributed by atoms with van der Waals surface area (Å²) in [5, 5.41) is 10.3. The summed E-state index contributed by atoms with van der Waals surface area (Å²) in [5.41, 5.74) is 3.69. The van der Waals surface area contributed by atoms with Crippen LogP contribution in [0, 0.1) is 0 Å². The van der Waals surface area contributed by atoms with Gasteiger partial charge >= 0.3 is 6.03 Å². The van der Waals surface area contributed by atoms with E-state index < -0.39 is 0 Å². The van der Waals surface area contributed by atoms with Crippen molar-refractivity contribution in [2.75, 3.05) is 17.2 Å². The molecule has 0 fully saturated rings. The molecular weight excluding hydrogens is 492 g/mol. The number of para-hydroxylation sites is 2. The average molecular weight is 515 g/mol. The number of hydrogen-bond donors (Lipinski definition) is 2. The van der Waals surface area contributed by atoms with E-state index >= 15 is 0 Å². The molecule has 0 unspecified atom stereocenters. The molecule has 2 aromatic heterocycles. The van der Waals surface area contributed by atoms with Gasteiger partial charge in [-0.2, -0.15) is 4.98 Å². The maximum atomic E-state index is 12.4. The van der Waals surface area contributed by atoms with Gasteiger partial charge in [-0.1, -0.05) is 41.0 Å². The number of aromatic nitrogens is 4. The predicted octanol–water partition coefficient (Wildman–Crippen LogP) is 6.34. The summed E-state index contributed by atoms with van der Waals surface area (Å²) < 4.78 is 12.9. The molecule has 5 aromatic rings. The van der Waals surface area contributed by atoms with Crippen LogP contribution in [-0.4, -0.2) is 32.3 Å². The van der Waals surface area contributed by atoms with Crippen molar-refractivity contribution in [1.29, 1.82) is 0 Å². The fourth-order valence-electron chi connectivity index (χ4n) is 3.64. The van der Waals surface area contributed by atoms with Crippen LogP contribution in [0.5, 0.6) is 5.75 Å². The monoisotopic (exact) mass is 514 g/mol. The Morgan fingerprint density at radius 3 is 2.59 bits per heavy atom. The number of halogens is 1. The average Bonchev–Trinajstić information content (AvgIpc) is 3.57. The minimum atomic E-state index is -0.350. The highest BCUT2D eigenvalue weighted by Gasteiger charge is 2.13. The van der Waals surface area contributed by atoms with Crippen LogP contribution in [0.3, 0.4) is 0 Å². The third-order valence-electron chi connectivity index (χ3n) is 5.39. The molecule has 186 valence electrons. The van der Waals surface area contributed by atoms with Crippen molar-refractivity contribution in [2.45, 2.75) is 13.5 Å². The van der Waals surface area contributed by atoms with E-state index in [0.717, 1.165) is 11.1 Å². The van der Waals surface area contributed by atoms with Crippen molar-refractivity contribution in [3.05, 3.63) is 95.9 Å². The number of imidazole rings is 1. The smallest absolute Gasteiger partial charge is 0.323 e. The van der Waals surface area contributed by atoms with Crippen molar-refractivity contribution in [1.82, 2.24) is 19.7 Å². The number of nitrogens with zero attached hydrogens (tertiary/aromatic N) is 4. The predicted molar refractivity (Wildman–Crippen MR) is 142 cm³/mol. The number of amides is 2. The van der Waals surface area contributed by atoms with Gasteiger partial charge in [-0.05, 0) is 61.0 Å². The summed E-state index contributed by atoms with van der Waals surface area (Å²) in [5.74, 6) is 1.42. The highest BCUT2D eigenvalue weighted by molar-refractivity contribution is 6.30. The maximum absolute atomic E-state index is 12.4. The molecule has 0 saturated heterocycles. The van der Waals surface area contributed by atoms with Gasteiger partial charge in [0, 0.05) is 29.0 Å². The Labute approximate surface area is 218 Å². The zero-order valence-corrected chi connectivity index (χ0v) is 20.6. The molecule has 0 spiro atoms. The molecule has 0 saturated carbocycles. The first kappa shape index (κ1) is 24.1. The molecule has 5 rings (SSSR count). The van der Waals surface area contributed by atoms with Crippen molar-refractivity contribution in [3.8, 4) is 28.7 Å². The number of carbonyl (C=O) groups is 1. The van der Waals surface area contributed by atoms with Gasteiger partial charge in [-0.25, -0.2) is 9.78 Å². The molecule has 3 aromatic carbocycles. The quantitative estimate of drug-likeness (QED) is 0.250. The summed E-state index contributed by atoms with van der Waals surface area (Å²) in [6, 6.07) is 21.7. The number of ether oxygens (including phenoxy) is 1. The van der Waals surface area contributed by atoms with Crippen molar-refractivity contribution in [3.63, 3.8) is 0 Å². The van der Waals surface area contributed by atoms with Gasteiger partial charge in [0.05, 0.1) is 18.6 Å². The first-order chi connectivity index (χ1) is 18.1. The van der Waals surface area contributed by atoms with E-state index in [2.05, 4.69) is 25.8 Å². The Morgan fingerprint density at radius 2 is 1.81 bits per heavy atom. The first-order valence-electron chi connectivity index (χ1n) is 11.6. The standard InChI is InChI=1S/C27H23ClN6O3/c1-2-36-24-6-4-3-5-22(24)31-27(35)30-21-13-7-18(8-14-21)15-34-16-23(29-17-34)26-32-25(33-37-26)19-9-11-20(28)12-10-19/h3-14,16-17H,2,15H2,1H3,(H2,30,31,35). The zero-order valence-electron chi connectivity index (χ0n) is 19.9. The molecule has 0 atom stereocenters. The maximum Gasteiger partial charge on any atom is 0.323 e. The van der Waals surface area contributed by atoms with Gasteiger partial charge < -0.3 is 24.5 Å². The number of carbonyl (C=O) groups excluding carboxylic acids is 1. The van der Waals surface area contributed by atoms with Crippen LogP contribution in [-0.2, 0) is 6.54 Å². The molecule has 0 radical (unpaired) electrons. The lowest BCUT2D eigenvalue weighted by molar-refractivity contribution is 0.262. The van der Waals surface area contributed by atoms with Crippen LogP contribution < -0.4 is 15.4 Å². The second-order valence-corrected chi connectivity index (χ2v) is 8.50. The Hall–Kier alpha value is -4.63. The Balaban J connectivity index is 1.19. The van der Waals surface area contributed by atoms with Crippen LogP contribution in [0.1, 0.15) is 12.5 Å². The molecule has 9 nitrogen and oxygen atoms in total. The fraction of sp³-hybridized carbons (Fsp3) is 0.111. The lowest BCUT2D eigenvalue weighted by Crippen LogP contribution is -2.19. The van der Waals surface area contributed by atoms with Gasteiger partial charge in [-0.3, -0.25) is 0 Å². The van der Waals surface area contributed by atoms with Crippen molar-refractivity contribution >= 4 is 29.0 Å². The van der Waals surface area contributed by atoms with Crippen LogP contribution in [0.2, 0.25) is 5.02 Å². The third-order valence-corrected chi connectivity index (χ3v) is 5.64. The van der Waals surface area contributed by atoms with E-state index in [1.54, 1.807) is 24.5 Å². The van der Waals surface area contributed by atoms with Crippen LogP contribution >= 0.6 is 11.6 Å². The molecule has 0 aliphatic rings. The van der Waals surface area contributed by atoms with Crippen LogP contribution in [0.25, 0.3) is 23.0 Å². The van der Waals surface area contributed by atoms with Gasteiger partial charge in [0.1, 0.15) is 11.4 Å². The second-order valence-electron chi connectivity index (χ2n) is 8.07. The summed E-state index contributed by atoms with van der Waals surface area (Å²) in [6.07, 6.45) is 3.55. The number of benzene rings is 3. The molecule has 0 aliphatic heterocycles. The summed E-state index contributed by atoms with van der Waals surface area (Å²) in [4.78, 5) is 21.3. The van der Waals surface area contributed by atoms with Gasteiger partial charge in [-0.15, -0.1) is 0 Å². The van der Waals surface area contributed by atoms with Gasteiger partial charge in [0.15, 0.2) is 0 Å². The number of hydrogen-bond acceptors (Lipinski definition) is 6. The Morgan fingerprint density at radius 1 is 1.03 bits per heavy atom. The molecule has 2 amide bonds. The highest BCUT2D eigenvalue weighted by Crippen LogP contribution is 2.25. The molecule has 2 heterocycles. The van der Waals surface area contributed by atoms with E-state index in [-0.39, 0.29) is 6.03 Å². The van der Waals surface area contributed by atoms with E-state index in [1.807, 2.05) is 72.3 Å². The number of urea groups is 1. The second kappa shape index (κ2) is 11.0. The molecular formula is C27H23ClN6O3. The number of anilines is 2. The lowest BCUT2D eigenvalue weighted by atomic mass is 10.2. The topological polar surface area (TPSA) is 107 Å². The molecule has 2 N–H and O–H groups in total. The summed E-state index contributed by atoms with van der Waals surface area (Å²) in [7, 11) is 0. The van der Waals surface area contributed by atoms with E-state index in [1.165, 1.54) is 0 Å². The van der Waals surface area contributed by atoms with E-state index in [4.69, 9.17) is 20.9 Å². The van der Waals surface area contributed by atoms with Crippen molar-refractivity contribution < 1.29 is 14.1 Å². The summed E-state index contributed by atoms with van der Waals surface area (Å²) in [6.45, 7) is 2.99. The SMILES string of the molecule is CCOc1ccccc1NC(=O)Nc1ccc(Cn2cnc(-c3nc(-c4ccc(Cl)cc4)no3)c2)cc1. The summed E-state index contributed by atoms with van der Waals surface area (Å²) >= 11 is 5.94. The minimum absolute atomic E-state index is 0.333.